The van der Waals surface area contributed by atoms with E-state index in [0.29, 0.717) is 22.4 Å². The van der Waals surface area contributed by atoms with Gasteiger partial charge in [-0.1, -0.05) is 18.5 Å². The Bertz CT molecular complexity index is 752. The average molecular weight is 385 g/mol. The third-order valence-electron chi connectivity index (χ3n) is 4.99. The first-order valence-corrected chi connectivity index (χ1v) is 9.13. The molecule has 1 saturated carbocycles. The average Bonchev–Trinajstić information content (AvgIpc) is 3.00. The predicted molar refractivity (Wildman–Crippen MR) is 98.1 cm³/mol. The Morgan fingerprint density at radius 3 is 2.69 bits per heavy atom. The summed E-state index contributed by atoms with van der Waals surface area (Å²) in [5.74, 6) is -0.509. The highest BCUT2D eigenvalue weighted by atomic mass is 35.5. The first kappa shape index (κ1) is 19.3. The Hall–Kier alpha value is -1.45. The number of imidazole rings is 1. The molecular formula is C17H25ClN4O4. The summed E-state index contributed by atoms with van der Waals surface area (Å²) < 4.78 is 6.95. The van der Waals surface area contributed by atoms with Crippen molar-refractivity contribution < 1.29 is 20.1 Å². The Kier molecular flexibility index (Phi) is 5.99. The largest absolute Gasteiger partial charge is 0.396 e. The van der Waals surface area contributed by atoms with Gasteiger partial charge in [-0.2, -0.15) is 0 Å². The topological polar surface area (TPSA) is 113 Å². The highest BCUT2D eigenvalue weighted by Gasteiger charge is 2.32. The summed E-state index contributed by atoms with van der Waals surface area (Å²) in [6.45, 7) is 1.39. The molecule has 26 heavy (non-hydrogen) atoms. The Morgan fingerprint density at radius 1 is 1.38 bits per heavy atom. The number of halogens is 1. The van der Waals surface area contributed by atoms with Crippen molar-refractivity contribution in [3.63, 3.8) is 0 Å². The van der Waals surface area contributed by atoms with Crippen LogP contribution in [0.25, 0.3) is 11.2 Å². The van der Waals surface area contributed by atoms with Crippen LogP contribution >= 0.6 is 11.6 Å². The molecule has 1 aliphatic rings. The van der Waals surface area contributed by atoms with E-state index in [9.17, 15) is 15.3 Å². The monoisotopic (exact) mass is 384 g/mol. The van der Waals surface area contributed by atoms with E-state index < -0.39 is 24.4 Å². The van der Waals surface area contributed by atoms with E-state index in [1.807, 2.05) is 0 Å². The number of ether oxygens (including phenoxy) is 1. The van der Waals surface area contributed by atoms with E-state index in [1.54, 1.807) is 17.6 Å². The van der Waals surface area contributed by atoms with Crippen molar-refractivity contribution in [2.24, 2.45) is 5.92 Å². The number of hydrogen-bond donors (Lipinski definition) is 4. The van der Waals surface area contributed by atoms with E-state index in [2.05, 4.69) is 15.3 Å². The molecule has 0 aliphatic heterocycles. The summed E-state index contributed by atoms with van der Waals surface area (Å²) in [5, 5.41) is 33.7. The third-order valence-corrected chi connectivity index (χ3v) is 5.19. The molecule has 4 N–H and O–H groups in total. The SMILES string of the molecule is COC(C(O)C(O)C(C)CO)n1cnc2c(NC3CCC3)cc(Cl)nc21. The van der Waals surface area contributed by atoms with E-state index in [-0.39, 0.29) is 6.61 Å². The number of methoxy groups -OCH3 is 1. The fourth-order valence-electron chi connectivity index (χ4n) is 3.08. The van der Waals surface area contributed by atoms with Crippen LogP contribution in [0.4, 0.5) is 5.69 Å². The van der Waals surface area contributed by atoms with Gasteiger partial charge in [0.05, 0.1) is 18.1 Å². The molecule has 1 fully saturated rings. The van der Waals surface area contributed by atoms with Gasteiger partial charge in [-0.3, -0.25) is 4.57 Å². The van der Waals surface area contributed by atoms with Crippen molar-refractivity contribution >= 4 is 28.5 Å². The maximum absolute atomic E-state index is 10.5. The minimum atomic E-state index is -1.27. The third kappa shape index (κ3) is 3.65. The number of rotatable bonds is 8. The van der Waals surface area contributed by atoms with Crippen molar-refractivity contribution in [2.75, 3.05) is 19.0 Å². The summed E-state index contributed by atoms with van der Waals surface area (Å²) in [6, 6.07) is 2.14. The van der Waals surface area contributed by atoms with Crippen LogP contribution < -0.4 is 5.32 Å². The van der Waals surface area contributed by atoms with Gasteiger partial charge in [-0.25, -0.2) is 9.97 Å². The van der Waals surface area contributed by atoms with Gasteiger partial charge >= 0.3 is 0 Å². The molecule has 2 heterocycles. The second kappa shape index (κ2) is 8.06. The summed E-state index contributed by atoms with van der Waals surface area (Å²) in [4.78, 5) is 8.73. The smallest absolute Gasteiger partial charge is 0.165 e. The first-order chi connectivity index (χ1) is 12.5. The van der Waals surface area contributed by atoms with Crippen molar-refractivity contribution in [3.05, 3.63) is 17.5 Å². The van der Waals surface area contributed by atoms with Gasteiger partial charge in [0, 0.05) is 31.7 Å². The van der Waals surface area contributed by atoms with Gasteiger partial charge in [-0.05, 0) is 19.3 Å². The number of anilines is 1. The normalized spacial score (nSPS) is 19.8. The van der Waals surface area contributed by atoms with Gasteiger partial charge in [0.15, 0.2) is 11.9 Å². The van der Waals surface area contributed by atoms with E-state index >= 15 is 0 Å². The Balaban J connectivity index is 1.95. The van der Waals surface area contributed by atoms with Crippen LogP contribution in [0.1, 0.15) is 32.4 Å². The van der Waals surface area contributed by atoms with E-state index in [0.717, 1.165) is 18.5 Å². The van der Waals surface area contributed by atoms with Crippen LogP contribution in [0.3, 0.4) is 0 Å². The molecule has 2 aromatic rings. The van der Waals surface area contributed by atoms with Gasteiger partial charge in [0.1, 0.15) is 16.8 Å². The van der Waals surface area contributed by atoms with Gasteiger partial charge in [-0.15, -0.1) is 0 Å². The summed E-state index contributed by atoms with van der Waals surface area (Å²) >= 11 is 6.18. The molecule has 144 valence electrons. The molecular weight excluding hydrogens is 360 g/mol. The quantitative estimate of drug-likeness (QED) is 0.510. The maximum atomic E-state index is 10.5. The number of aliphatic hydroxyl groups is 3. The molecule has 0 amide bonds. The number of aromatic nitrogens is 3. The molecule has 4 atom stereocenters. The van der Waals surface area contributed by atoms with Gasteiger partial charge in [0.2, 0.25) is 0 Å². The van der Waals surface area contributed by atoms with Crippen molar-refractivity contribution in [1.29, 1.82) is 0 Å². The molecule has 3 rings (SSSR count). The molecule has 0 bridgehead atoms. The zero-order chi connectivity index (χ0) is 18.8. The highest BCUT2D eigenvalue weighted by molar-refractivity contribution is 6.30. The number of hydrogen-bond acceptors (Lipinski definition) is 7. The Morgan fingerprint density at radius 2 is 2.12 bits per heavy atom. The number of nitrogens with one attached hydrogen (secondary N) is 1. The summed E-state index contributed by atoms with van der Waals surface area (Å²) in [7, 11) is 1.42. The zero-order valence-electron chi connectivity index (χ0n) is 14.8. The molecule has 0 saturated heterocycles. The lowest BCUT2D eigenvalue weighted by Crippen LogP contribution is -2.40. The van der Waals surface area contributed by atoms with Gasteiger partial charge in [0.25, 0.3) is 0 Å². The highest BCUT2D eigenvalue weighted by Crippen LogP contribution is 2.31. The lowest BCUT2D eigenvalue weighted by atomic mass is 9.93. The molecule has 4 unspecified atom stereocenters. The van der Waals surface area contributed by atoms with Crippen LogP contribution in [0.2, 0.25) is 5.15 Å². The van der Waals surface area contributed by atoms with E-state index in [1.165, 1.54) is 19.9 Å². The van der Waals surface area contributed by atoms with Crippen LogP contribution in [0.5, 0.6) is 0 Å². The molecule has 8 nitrogen and oxygen atoms in total. The second-order valence-corrected chi connectivity index (χ2v) is 7.24. The van der Waals surface area contributed by atoms with Crippen LogP contribution in [0, 0.1) is 5.92 Å². The lowest BCUT2D eigenvalue weighted by molar-refractivity contribution is -0.125. The number of nitrogens with zero attached hydrogens (tertiary/aromatic N) is 3. The molecule has 9 heteroatoms. The van der Waals surface area contributed by atoms with Crippen LogP contribution in [-0.2, 0) is 4.74 Å². The molecule has 1 aliphatic carbocycles. The summed E-state index contributed by atoms with van der Waals surface area (Å²) in [5.41, 5.74) is 1.87. The minimum absolute atomic E-state index is 0.251. The zero-order valence-corrected chi connectivity index (χ0v) is 15.6. The standard InChI is InChI=1S/C17H25ClN4O4/c1-9(7-23)14(24)15(25)17(26-2)22-8-19-13-11(20-10-4-3-5-10)6-12(18)21-16(13)22/h6,8-10,14-15,17,23-25H,3-5,7H2,1-2H3,(H,20,21). The molecule has 2 aromatic heterocycles. The fraction of sp³-hybridized carbons (Fsp3) is 0.647. The number of fused-ring (bicyclic) bond motifs is 1. The molecule has 0 radical (unpaired) electrons. The maximum Gasteiger partial charge on any atom is 0.165 e. The minimum Gasteiger partial charge on any atom is -0.396 e. The van der Waals surface area contributed by atoms with Crippen LogP contribution in [0.15, 0.2) is 12.4 Å². The second-order valence-electron chi connectivity index (χ2n) is 6.86. The van der Waals surface area contributed by atoms with Crippen molar-refractivity contribution in [3.8, 4) is 0 Å². The Labute approximate surface area is 156 Å². The molecule has 0 aromatic carbocycles. The number of aliphatic hydroxyl groups excluding tert-OH is 3. The summed E-state index contributed by atoms with van der Waals surface area (Å²) in [6.07, 6.45) is 1.55. The van der Waals surface area contributed by atoms with Gasteiger partial charge < -0.3 is 25.4 Å². The predicted octanol–water partition coefficient (Wildman–Crippen LogP) is 1.54. The van der Waals surface area contributed by atoms with Crippen LogP contribution in [-0.4, -0.2) is 61.8 Å². The lowest BCUT2D eigenvalue weighted by Gasteiger charge is -2.29. The van der Waals surface area contributed by atoms with Crippen molar-refractivity contribution in [2.45, 2.75) is 50.7 Å². The van der Waals surface area contributed by atoms with E-state index in [4.69, 9.17) is 16.3 Å². The molecule has 0 spiro atoms. The fourth-order valence-corrected chi connectivity index (χ4v) is 3.26. The van der Waals surface area contributed by atoms with Crippen molar-refractivity contribution in [1.82, 2.24) is 14.5 Å². The number of pyridine rings is 1. The first-order valence-electron chi connectivity index (χ1n) is 8.75.